The molecule has 0 aliphatic rings. The zero-order valence-corrected chi connectivity index (χ0v) is 10.2. The summed E-state index contributed by atoms with van der Waals surface area (Å²) in [5.74, 6) is -0.604. The molecule has 4 nitrogen and oxygen atoms in total. The molecule has 0 fully saturated rings. The summed E-state index contributed by atoms with van der Waals surface area (Å²) in [5.41, 5.74) is 7.34. The van der Waals surface area contributed by atoms with Crippen molar-refractivity contribution in [2.45, 2.75) is 33.1 Å². The maximum Gasteiger partial charge on any atom is 0.249 e. The quantitative estimate of drug-likeness (QED) is 0.818. The molecule has 17 heavy (non-hydrogen) atoms. The van der Waals surface area contributed by atoms with Gasteiger partial charge in [0.25, 0.3) is 0 Å². The lowest BCUT2D eigenvalue weighted by molar-refractivity contribution is -0.114. The van der Waals surface area contributed by atoms with Crippen LogP contribution in [0.2, 0.25) is 0 Å². The first-order chi connectivity index (χ1) is 8.06. The zero-order valence-electron chi connectivity index (χ0n) is 10.2. The van der Waals surface area contributed by atoms with Crippen LogP contribution in [0.1, 0.15) is 42.6 Å². The topological polar surface area (TPSA) is 72.2 Å². The molecule has 4 heteroatoms. The molecule has 0 aromatic heterocycles. The van der Waals surface area contributed by atoms with Crippen LogP contribution in [0.25, 0.3) is 0 Å². The van der Waals surface area contributed by atoms with Crippen LogP contribution in [-0.4, -0.2) is 11.8 Å². The van der Waals surface area contributed by atoms with E-state index in [4.69, 9.17) is 5.73 Å². The Morgan fingerprint density at radius 2 is 2.06 bits per heavy atom. The van der Waals surface area contributed by atoms with E-state index in [1.54, 1.807) is 18.2 Å². The summed E-state index contributed by atoms with van der Waals surface area (Å²) >= 11 is 0. The van der Waals surface area contributed by atoms with Gasteiger partial charge in [0.1, 0.15) is 0 Å². The Kier molecular flexibility index (Phi) is 4.69. The van der Waals surface area contributed by atoms with Gasteiger partial charge in [0, 0.05) is 18.2 Å². The lowest BCUT2D eigenvalue weighted by atomic mass is 9.99. The van der Waals surface area contributed by atoms with Crippen LogP contribution in [0.4, 0.5) is 5.69 Å². The molecule has 1 aromatic carbocycles. The third-order valence-electron chi connectivity index (χ3n) is 2.53. The largest absolute Gasteiger partial charge is 0.366 e. The number of rotatable bonds is 5. The molecule has 2 amide bonds. The molecule has 92 valence electrons. The predicted octanol–water partition coefficient (Wildman–Crippen LogP) is 2.09. The fraction of sp³-hybridized carbons (Fsp3) is 0.385. The maximum atomic E-state index is 11.3. The molecule has 1 aromatic rings. The van der Waals surface area contributed by atoms with Crippen LogP contribution in [0.5, 0.6) is 0 Å². The molecule has 0 aliphatic heterocycles. The SMILES string of the molecule is CCCCc1c(NC(C)=O)cccc1C(N)=O. The fourth-order valence-corrected chi connectivity index (χ4v) is 1.75. The van der Waals surface area contributed by atoms with Crippen LogP contribution in [0.15, 0.2) is 18.2 Å². The molecule has 0 atom stereocenters. The number of anilines is 1. The third kappa shape index (κ3) is 3.59. The highest BCUT2D eigenvalue weighted by atomic mass is 16.1. The molecule has 0 spiro atoms. The Bertz CT molecular complexity index is 427. The van der Waals surface area contributed by atoms with Gasteiger partial charge in [-0.1, -0.05) is 19.4 Å². The Morgan fingerprint density at radius 3 is 2.59 bits per heavy atom. The molecule has 3 N–H and O–H groups in total. The predicted molar refractivity (Wildman–Crippen MR) is 67.9 cm³/mol. The second-order valence-electron chi connectivity index (χ2n) is 3.98. The number of hydrogen-bond donors (Lipinski definition) is 2. The van der Waals surface area contributed by atoms with Gasteiger partial charge in [-0.15, -0.1) is 0 Å². The van der Waals surface area contributed by atoms with E-state index in [0.717, 1.165) is 24.8 Å². The van der Waals surface area contributed by atoms with Gasteiger partial charge >= 0.3 is 0 Å². The highest BCUT2D eigenvalue weighted by Gasteiger charge is 2.12. The summed E-state index contributed by atoms with van der Waals surface area (Å²) in [4.78, 5) is 22.4. The molecular weight excluding hydrogens is 216 g/mol. The minimum atomic E-state index is -0.455. The Labute approximate surface area is 101 Å². The number of hydrogen-bond acceptors (Lipinski definition) is 2. The second-order valence-corrected chi connectivity index (χ2v) is 3.98. The van der Waals surface area contributed by atoms with E-state index < -0.39 is 5.91 Å². The first-order valence-electron chi connectivity index (χ1n) is 5.75. The zero-order chi connectivity index (χ0) is 12.8. The Hall–Kier alpha value is -1.84. The van der Waals surface area contributed by atoms with Gasteiger partial charge in [-0.3, -0.25) is 9.59 Å². The van der Waals surface area contributed by atoms with Crippen molar-refractivity contribution >= 4 is 17.5 Å². The average molecular weight is 234 g/mol. The molecule has 0 bridgehead atoms. The number of benzene rings is 1. The molecule has 0 saturated carbocycles. The lowest BCUT2D eigenvalue weighted by Gasteiger charge is -2.12. The highest BCUT2D eigenvalue weighted by molar-refractivity contribution is 5.98. The van der Waals surface area contributed by atoms with Crippen molar-refractivity contribution in [2.24, 2.45) is 5.73 Å². The highest BCUT2D eigenvalue weighted by Crippen LogP contribution is 2.22. The number of nitrogens with two attached hydrogens (primary N) is 1. The normalized spacial score (nSPS) is 10.0. The van der Waals surface area contributed by atoms with E-state index in [0.29, 0.717) is 11.3 Å². The first kappa shape index (κ1) is 13.2. The van der Waals surface area contributed by atoms with Gasteiger partial charge in [-0.25, -0.2) is 0 Å². The van der Waals surface area contributed by atoms with E-state index in [9.17, 15) is 9.59 Å². The van der Waals surface area contributed by atoms with Crippen molar-refractivity contribution in [2.75, 3.05) is 5.32 Å². The van der Waals surface area contributed by atoms with E-state index in [-0.39, 0.29) is 5.91 Å². The van der Waals surface area contributed by atoms with Gasteiger partial charge < -0.3 is 11.1 Å². The molecule has 0 saturated heterocycles. The second kappa shape index (κ2) is 6.03. The summed E-state index contributed by atoms with van der Waals surface area (Å²) in [6.45, 7) is 3.52. The van der Waals surface area contributed by atoms with Crippen molar-refractivity contribution in [3.05, 3.63) is 29.3 Å². The standard InChI is InChI=1S/C13H18N2O2/c1-3-4-6-10-11(13(14)17)7-5-8-12(10)15-9(2)16/h5,7-8H,3-4,6H2,1-2H3,(H2,14,17)(H,15,16). The number of primary amides is 1. The summed E-state index contributed by atoms with van der Waals surface area (Å²) in [7, 11) is 0. The van der Waals surface area contributed by atoms with E-state index in [1.165, 1.54) is 6.92 Å². The van der Waals surface area contributed by atoms with Crippen LogP contribution >= 0.6 is 0 Å². The molecule has 0 unspecified atom stereocenters. The van der Waals surface area contributed by atoms with E-state index >= 15 is 0 Å². The Balaban J connectivity index is 3.13. The van der Waals surface area contributed by atoms with Crippen molar-refractivity contribution in [3.63, 3.8) is 0 Å². The fourth-order valence-electron chi connectivity index (χ4n) is 1.75. The smallest absolute Gasteiger partial charge is 0.249 e. The monoisotopic (exact) mass is 234 g/mol. The van der Waals surface area contributed by atoms with Crippen molar-refractivity contribution in [1.82, 2.24) is 0 Å². The van der Waals surface area contributed by atoms with Crippen molar-refractivity contribution in [3.8, 4) is 0 Å². The lowest BCUT2D eigenvalue weighted by Crippen LogP contribution is -2.16. The Morgan fingerprint density at radius 1 is 1.35 bits per heavy atom. The van der Waals surface area contributed by atoms with Gasteiger partial charge in [0.15, 0.2) is 0 Å². The first-order valence-corrected chi connectivity index (χ1v) is 5.75. The average Bonchev–Trinajstić information content (AvgIpc) is 2.26. The molecule has 0 heterocycles. The molecule has 0 aliphatic carbocycles. The minimum absolute atomic E-state index is 0.149. The number of carbonyl (C=O) groups is 2. The molecule has 1 rings (SSSR count). The van der Waals surface area contributed by atoms with Gasteiger partial charge in [-0.2, -0.15) is 0 Å². The van der Waals surface area contributed by atoms with Crippen molar-refractivity contribution < 1.29 is 9.59 Å². The van der Waals surface area contributed by atoms with Crippen LogP contribution in [0, 0.1) is 0 Å². The van der Waals surface area contributed by atoms with Gasteiger partial charge in [-0.05, 0) is 30.5 Å². The van der Waals surface area contributed by atoms with E-state index in [1.807, 2.05) is 0 Å². The minimum Gasteiger partial charge on any atom is -0.366 e. The summed E-state index contributed by atoms with van der Waals surface area (Å²) in [5, 5.41) is 2.73. The number of nitrogens with one attached hydrogen (secondary N) is 1. The van der Waals surface area contributed by atoms with Crippen LogP contribution < -0.4 is 11.1 Å². The van der Waals surface area contributed by atoms with E-state index in [2.05, 4.69) is 12.2 Å². The number of carbonyl (C=O) groups excluding carboxylic acids is 2. The molecule has 0 radical (unpaired) electrons. The van der Waals surface area contributed by atoms with Crippen LogP contribution in [-0.2, 0) is 11.2 Å². The third-order valence-corrected chi connectivity index (χ3v) is 2.53. The number of amides is 2. The summed E-state index contributed by atoms with van der Waals surface area (Å²) in [6.07, 6.45) is 2.72. The maximum absolute atomic E-state index is 11.3. The number of unbranched alkanes of at least 4 members (excludes halogenated alkanes) is 1. The van der Waals surface area contributed by atoms with Gasteiger partial charge in [0.05, 0.1) is 0 Å². The summed E-state index contributed by atoms with van der Waals surface area (Å²) in [6, 6.07) is 5.21. The van der Waals surface area contributed by atoms with Crippen molar-refractivity contribution in [1.29, 1.82) is 0 Å². The summed E-state index contributed by atoms with van der Waals surface area (Å²) < 4.78 is 0. The van der Waals surface area contributed by atoms with Crippen LogP contribution in [0.3, 0.4) is 0 Å². The van der Waals surface area contributed by atoms with Gasteiger partial charge in [0.2, 0.25) is 11.8 Å². The molecular formula is C13H18N2O2.